The first kappa shape index (κ1) is 21.0. The van der Waals surface area contributed by atoms with Crippen LogP contribution in [0.25, 0.3) is 0 Å². The fourth-order valence-electron chi connectivity index (χ4n) is 2.13. The number of amides is 2. The number of alkyl halides is 3. The van der Waals surface area contributed by atoms with Crippen LogP contribution in [0.2, 0.25) is 0 Å². The molecule has 1 rings (SSSR count). The molecule has 0 aliphatic carbocycles. The zero-order valence-electron chi connectivity index (χ0n) is 14.7. The van der Waals surface area contributed by atoms with E-state index in [1.165, 1.54) is 6.07 Å². The van der Waals surface area contributed by atoms with Crippen molar-refractivity contribution in [2.24, 2.45) is 0 Å². The first-order valence-corrected chi connectivity index (χ1v) is 8.29. The Hall–Kier alpha value is -2.06. The lowest BCUT2D eigenvalue weighted by atomic mass is 10.1. The summed E-state index contributed by atoms with van der Waals surface area (Å²) in [4.78, 5) is 19.6. The Kier molecular flexibility index (Phi) is 8.44. The highest BCUT2D eigenvalue weighted by Gasteiger charge is 2.28. The van der Waals surface area contributed by atoms with Crippen molar-refractivity contribution in [2.45, 2.75) is 64.7 Å². The molecule has 0 bridgehead atoms. The van der Waals surface area contributed by atoms with Crippen molar-refractivity contribution in [3.05, 3.63) is 18.1 Å². The molecule has 9 heteroatoms. The number of nitrogens with one attached hydrogen (secondary N) is 2. The lowest BCUT2D eigenvalue weighted by Crippen LogP contribution is -2.41. The van der Waals surface area contributed by atoms with Gasteiger partial charge in [0, 0.05) is 12.1 Å². The number of aromatic nitrogens is 2. The number of nitrogens with zero attached hydrogens (tertiary/aromatic N) is 2. The Labute approximate surface area is 145 Å². The first-order valence-electron chi connectivity index (χ1n) is 8.29. The molecule has 0 saturated heterocycles. The quantitative estimate of drug-likeness (QED) is 0.656. The van der Waals surface area contributed by atoms with Crippen molar-refractivity contribution in [1.29, 1.82) is 0 Å². The summed E-state index contributed by atoms with van der Waals surface area (Å²) in [5.41, 5.74) is 0.362. The van der Waals surface area contributed by atoms with Crippen molar-refractivity contribution >= 4 is 6.03 Å². The number of hydrogen-bond acceptors (Lipinski definition) is 4. The zero-order valence-corrected chi connectivity index (χ0v) is 14.7. The van der Waals surface area contributed by atoms with E-state index in [0.717, 1.165) is 32.0 Å². The first-order chi connectivity index (χ1) is 11.7. The summed E-state index contributed by atoms with van der Waals surface area (Å²) in [6.45, 7) is 4.28. The van der Waals surface area contributed by atoms with Gasteiger partial charge in [0.15, 0.2) is 6.61 Å². The van der Waals surface area contributed by atoms with Crippen LogP contribution in [-0.2, 0) is 0 Å². The van der Waals surface area contributed by atoms with Crippen molar-refractivity contribution in [2.75, 3.05) is 6.61 Å². The second-order valence-electron chi connectivity index (χ2n) is 5.92. The molecule has 6 nitrogen and oxygen atoms in total. The van der Waals surface area contributed by atoms with E-state index in [1.807, 2.05) is 6.92 Å². The molecule has 0 spiro atoms. The van der Waals surface area contributed by atoms with Crippen molar-refractivity contribution < 1.29 is 22.7 Å². The van der Waals surface area contributed by atoms with Gasteiger partial charge >= 0.3 is 12.2 Å². The number of hydrogen-bond donors (Lipinski definition) is 2. The molecular formula is C16H25F3N4O2. The van der Waals surface area contributed by atoms with E-state index >= 15 is 0 Å². The van der Waals surface area contributed by atoms with E-state index in [4.69, 9.17) is 0 Å². The number of unbranched alkanes of at least 4 members (excludes halogenated alkanes) is 2. The van der Waals surface area contributed by atoms with Gasteiger partial charge in [0.05, 0.1) is 11.7 Å². The molecule has 0 aromatic carbocycles. The molecule has 0 saturated carbocycles. The van der Waals surface area contributed by atoms with E-state index in [-0.39, 0.29) is 18.0 Å². The third-order valence-electron chi connectivity index (χ3n) is 3.46. The van der Waals surface area contributed by atoms with Crippen LogP contribution in [0.5, 0.6) is 5.88 Å². The second-order valence-corrected chi connectivity index (χ2v) is 5.92. The van der Waals surface area contributed by atoms with E-state index in [1.54, 1.807) is 6.92 Å². The number of carbonyl (C=O) groups excluding carboxylic acids is 1. The molecule has 1 aromatic heterocycles. The van der Waals surface area contributed by atoms with Crippen molar-refractivity contribution in [3.8, 4) is 5.88 Å². The Morgan fingerprint density at radius 2 is 1.96 bits per heavy atom. The minimum absolute atomic E-state index is 0.0369. The van der Waals surface area contributed by atoms with Gasteiger partial charge in [0.25, 0.3) is 0 Å². The van der Waals surface area contributed by atoms with Crippen LogP contribution in [0.3, 0.4) is 0 Å². The van der Waals surface area contributed by atoms with Gasteiger partial charge in [0.1, 0.15) is 6.33 Å². The van der Waals surface area contributed by atoms with Gasteiger partial charge < -0.3 is 15.4 Å². The molecular weight excluding hydrogens is 337 g/mol. The number of halogens is 3. The fraction of sp³-hybridized carbons (Fsp3) is 0.688. The van der Waals surface area contributed by atoms with Crippen LogP contribution < -0.4 is 15.4 Å². The molecule has 2 atom stereocenters. The van der Waals surface area contributed by atoms with Crippen molar-refractivity contribution in [3.63, 3.8) is 0 Å². The average molecular weight is 362 g/mol. The molecule has 1 heterocycles. The Bertz CT molecular complexity index is 540. The summed E-state index contributed by atoms with van der Waals surface area (Å²) in [5.74, 6) is -0.190. The van der Waals surface area contributed by atoms with Gasteiger partial charge in [0.2, 0.25) is 5.88 Å². The summed E-state index contributed by atoms with van der Waals surface area (Å²) in [6.07, 6.45) is 0.819. The summed E-state index contributed by atoms with van der Waals surface area (Å²) in [7, 11) is 0. The molecule has 2 amide bonds. The third-order valence-corrected chi connectivity index (χ3v) is 3.46. The molecule has 0 fully saturated rings. The third kappa shape index (κ3) is 9.11. The van der Waals surface area contributed by atoms with E-state index in [2.05, 4.69) is 32.3 Å². The highest BCUT2D eigenvalue weighted by molar-refractivity contribution is 5.74. The average Bonchev–Trinajstić information content (AvgIpc) is 2.52. The minimum atomic E-state index is -4.44. The maximum Gasteiger partial charge on any atom is 0.422 e. The maximum atomic E-state index is 12.2. The Morgan fingerprint density at radius 1 is 1.24 bits per heavy atom. The lowest BCUT2D eigenvalue weighted by molar-refractivity contribution is -0.154. The van der Waals surface area contributed by atoms with Gasteiger partial charge in [-0.1, -0.05) is 26.2 Å². The second kappa shape index (κ2) is 10.0. The Balaban J connectivity index is 2.50. The van der Waals surface area contributed by atoms with Crippen molar-refractivity contribution in [1.82, 2.24) is 20.6 Å². The molecule has 142 valence electrons. The predicted octanol–water partition coefficient (Wildman–Crippen LogP) is 3.75. The van der Waals surface area contributed by atoms with E-state index in [9.17, 15) is 18.0 Å². The normalized spacial score (nSPS) is 13.8. The van der Waals surface area contributed by atoms with Gasteiger partial charge in [-0.2, -0.15) is 13.2 Å². The molecule has 2 N–H and O–H groups in total. The minimum Gasteiger partial charge on any atom is -0.468 e. The smallest absolute Gasteiger partial charge is 0.422 e. The largest absolute Gasteiger partial charge is 0.468 e. The topological polar surface area (TPSA) is 76.1 Å². The summed E-state index contributed by atoms with van der Waals surface area (Å²) >= 11 is 0. The fourth-order valence-corrected chi connectivity index (χ4v) is 2.13. The van der Waals surface area contributed by atoms with Crippen LogP contribution in [-0.4, -0.2) is 34.8 Å². The SMILES string of the molecule is CCCCCC(C)NC(=O)NC(C)c1cc(OCC(F)(F)F)ncn1. The van der Waals surface area contributed by atoms with Crippen LogP contribution in [0, 0.1) is 0 Å². The molecule has 25 heavy (non-hydrogen) atoms. The summed E-state index contributed by atoms with van der Waals surface area (Å²) in [6, 6.07) is 0.461. The molecule has 0 aliphatic rings. The predicted molar refractivity (Wildman–Crippen MR) is 87.3 cm³/mol. The molecule has 2 unspecified atom stereocenters. The highest BCUT2D eigenvalue weighted by Crippen LogP contribution is 2.18. The summed E-state index contributed by atoms with van der Waals surface area (Å²) < 4.78 is 41.1. The van der Waals surface area contributed by atoms with Gasteiger partial charge in [-0.15, -0.1) is 0 Å². The van der Waals surface area contributed by atoms with Crippen LogP contribution in [0.4, 0.5) is 18.0 Å². The lowest BCUT2D eigenvalue weighted by Gasteiger charge is -2.18. The van der Waals surface area contributed by atoms with Crippen LogP contribution >= 0.6 is 0 Å². The number of urea groups is 1. The molecule has 0 aliphatic heterocycles. The van der Waals surface area contributed by atoms with Gasteiger partial charge in [-0.05, 0) is 20.3 Å². The highest BCUT2D eigenvalue weighted by atomic mass is 19.4. The standard InChI is InChI=1S/C16H25F3N4O2/c1-4-5-6-7-11(2)22-15(24)23-12(3)13-8-14(21-10-20-13)25-9-16(17,18)19/h8,10-12H,4-7,9H2,1-3H3,(H2,22,23,24). The van der Waals surface area contributed by atoms with Crippen LogP contribution in [0.1, 0.15) is 58.2 Å². The number of rotatable bonds is 9. The number of carbonyl (C=O) groups is 1. The summed E-state index contributed by atoms with van der Waals surface area (Å²) in [5, 5.41) is 5.52. The van der Waals surface area contributed by atoms with Crippen LogP contribution in [0.15, 0.2) is 12.4 Å². The van der Waals surface area contributed by atoms with Gasteiger partial charge in [-0.25, -0.2) is 14.8 Å². The number of ether oxygens (including phenoxy) is 1. The van der Waals surface area contributed by atoms with E-state index < -0.39 is 18.8 Å². The Morgan fingerprint density at radius 3 is 2.60 bits per heavy atom. The maximum absolute atomic E-state index is 12.2. The van der Waals surface area contributed by atoms with Gasteiger partial charge in [-0.3, -0.25) is 0 Å². The molecule has 1 aromatic rings. The van der Waals surface area contributed by atoms with E-state index in [0.29, 0.717) is 5.69 Å². The monoisotopic (exact) mass is 362 g/mol. The molecule has 0 radical (unpaired) electrons. The zero-order chi connectivity index (χ0) is 18.9.